The number of aromatic nitrogens is 2. The number of benzene rings is 3. The number of nitrogens with zero attached hydrogens (tertiary/aromatic N) is 3. The van der Waals surface area contributed by atoms with Crippen LogP contribution in [0.4, 0.5) is 10.5 Å². The molecule has 3 aromatic carbocycles. The van der Waals surface area contributed by atoms with E-state index in [1.807, 2.05) is 42.5 Å². The fourth-order valence-corrected chi connectivity index (χ4v) is 5.13. The summed E-state index contributed by atoms with van der Waals surface area (Å²) in [6.45, 7) is 1.42. The zero-order valence-corrected chi connectivity index (χ0v) is 24.6. The predicted octanol–water partition coefficient (Wildman–Crippen LogP) is 4.57. The summed E-state index contributed by atoms with van der Waals surface area (Å²) >= 11 is 0. The topological polar surface area (TPSA) is 140 Å². The number of rotatable bonds is 10. The fourth-order valence-electron chi connectivity index (χ4n) is 5.13. The highest BCUT2D eigenvalue weighted by Crippen LogP contribution is 2.42. The van der Waals surface area contributed by atoms with Crippen LogP contribution < -0.4 is 26.0 Å². The van der Waals surface area contributed by atoms with Crippen molar-refractivity contribution in [1.29, 1.82) is 0 Å². The maximum absolute atomic E-state index is 13.8. The molecule has 0 bridgehead atoms. The summed E-state index contributed by atoms with van der Waals surface area (Å²) < 4.78 is 6.75. The number of hydrogen-bond donors (Lipinski definition) is 3. The zero-order valence-electron chi connectivity index (χ0n) is 24.6. The lowest BCUT2D eigenvalue weighted by molar-refractivity contribution is -0.137. The van der Waals surface area contributed by atoms with E-state index in [4.69, 9.17) is 15.5 Å². The Bertz CT molecular complexity index is 1830. The van der Waals surface area contributed by atoms with Crippen LogP contribution in [0.25, 0.3) is 22.0 Å². The number of carbonyl (C=O) groups excluding carboxylic acids is 3. The van der Waals surface area contributed by atoms with Gasteiger partial charge in [0.15, 0.2) is 5.75 Å². The van der Waals surface area contributed by atoms with Crippen molar-refractivity contribution in [3.8, 4) is 16.9 Å². The third kappa shape index (κ3) is 5.83. The molecule has 2 heterocycles. The number of ether oxygens (including phenoxy) is 1. The standard InChI is InChI=1S/C34H32N6O4/c1-22-31(44-34(36-2,25-13-5-4-6-14-25)29(41)21-38-33(35)43)30(27-16-7-8-17-28(27)39-22)23-11-9-12-24(19-23)32(42)40(3)26-15-10-18-37-20-26/h4-20,36H,21H2,1-3H3,(H3,35,38,43). The number of nitrogens with one attached hydrogen (secondary N) is 2. The third-order valence-electron chi connectivity index (χ3n) is 7.36. The number of anilines is 1. The molecule has 1 atom stereocenters. The van der Waals surface area contributed by atoms with E-state index in [9.17, 15) is 14.4 Å². The summed E-state index contributed by atoms with van der Waals surface area (Å²) in [5, 5.41) is 6.21. The van der Waals surface area contributed by atoms with Crippen LogP contribution in [0.3, 0.4) is 0 Å². The van der Waals surface area contributed by atoms with Crippen LogP contribution in [0.5, 0.6) is 5.75 Å². The lowest BCUT2D eigenvalue weighted by Gasteiger charge is -2.34. The number of primary amides is 1. The van der Waals surface area contributed by atoms with Crippen molar-refractivity contribution in [3.63, 3.8) is 0 Å². The number of nitrogens with two attached hydrogens (primary N) is 1. The lowest BCUT2D eigenvalue weighted by Crippen LogP contribution is -2.56. The van der Waals surface area contributed by atoms with Crippen LogP contribution in [-0.4, -0.2) is 48.3 Å². The molecule has 222 valence electrons. The zero-order chi connectivity index (χ0) is 31.3. The Kier molecular flexibility index (Phi) is 8.63. The Morgan fingerprint density at radius 2 is 1.70 bits per heavy atom. The Morgan fingerprint density at radius 1 is 0.955 bits per heavy atom. The number of Topliss-reactive ketones (excluding diaryl/α,β-unsaturated/α-hetero) is 1. The van der Waals surface area contributed by atoms with E-state index in [2.05, 4.69) is 15.6 Å². The van der Waals surface area contributed by atoms with E-state index < -0.39 is 17.5 Å². The van der Waals surface area contributed by atoms with E-state index in [-0.39, 0.29) is 12.5 Å². The molecule has 4 N–H and O–H groups in total. The van der Waals surface area contributed by atoms with Crippen molar-refractivity contribution in [2.75, 3.05) is 25.5 Å². The van der Waals surface area contributed by atoms with Crippen molar-refractivity contribution in [2.45, 2.75) is 12.6 Å². The number of ketones is 1. The molecule has 2 aromatic heterocycles. The average Bonchev–Trinajstić information content (AvgIpc) is 3.06. The second-order valence-electron chi connectivity index (χ2n) is 10.1. The maximum Gasteiger partial charge on any atom is 0.312 e. The van der Waals surface area contributed by atoms with Gasteiger partial charge in [-0.05, 0) is 49.9 Å². The SMILES string of the molecule is CNC(Oc1c(C)nc2ccccc2c1-c1cccc(C(=O)N(C)c2cccnc2)c1)(C(=O)CNC(N)=O)c1ccccc1. The maximum atomic E-state index is 13.8. The van der Waals surface area contributed by atoms with Gasteiger partial charge < -0.3 is 20.7 Å². The van der Waals surface area contributed by atoms with Gasteiger partial charge in [0, 0.05) is 35.3 Å². The Hall–Kier alpha value is -5.61. The number of carbonyl (C=O) groups is 3. The van der Waals surface area contributed by atoms with Gasteiger partial charge in [0.2, 0.25) is 11.5 Å². The van der Waals surface area contributed by atoms with Gasteiger partial charge >= 0.3 is 6.03 Å². The van der Waals surface area contributed by atoms with E-state index in [0.29, 0.717) is 44.9 Å². The van der Waals surface area contributed by atoms with E-state index in [1.165, 1.54) is 4.90 Å². The third-order valence-corrected chi connectivity index (χ3v) is 7.36. The molecule has 0 radical (unpaired) electrons. The van der Waals surface area contributed by atoms with Crippen LogP contribution in [0.2, 0.25) is 0 Å². The summed E-state index contributed by atoms with van der Waals surface area (Å²) in [5.74, 6) is -0.371. The molecule has 0 aliphatic rings. The predicted molar refractivity (Wildman–Crippen MR) is 169 cm³/mol. The number of amides is 3. The second-order valence-corrected chi connectivity index (χ2v) is 10.1. The smallest absolute Gasteiger partial charge is 0.312 e. The number of likely N-dealkylation sites (N-methyl/N-ethyl adjacent to an activating group) is 1. The van der Waals surface area contributed by atoms with Crippen LogP contribution in [-0.2, 0) is 10.5 Å². The highest BCUT2D eigenvalue weighted by atomic mass is 16.5. The van der Waals surface area contributed by atoms with Crippen molar-refractivity contribution in [2.24, 2.45) is 5.73 Å². The van der Waals surface area contributed by atoms with Crippen LogP contribution >= 0.6 is 0 Å². The molecule has 10 nitrogen and oxygen atoms in total. The van der Waals surface area contributed by atoms with Crippen LogP contribution in [0, 0.1) is 6.92 Å². The quantitative estimate of drug-likeness (QED) is 0.203. The Morgan fingerprint density at radius 3 is 2.41 bits per heavy atom. The number of urea groups is 1. The summed E-state index contributed by atoms with van der Waals surface area (Å²) in [4.78, 5) is 49.4. The number of hydrogen-bond acceptors (Lipinski definition) is 7. The van der Waals surface area contributed by atoms with Gasteiger partial charge in [-0.1, -0.05) is 60.7 Å². The van der Waals surface area contributed by atoms with Gasteiger partial charge in [0.1, 0.15) is 0 Å². The summed E-state index contributed by atoms with van der Waals surface area (Å²) in [5.41, 5.74) is 7.76. The first-order valence-electron chi connectivity index (χ1n) is 13.9. The average molecular weight is 589 g/mol. The molecule has 0 spiro atoms. The van der Waals surface area contributed by atoms with Gasteiger partial charge in [-0.2, -0.15) is 0 Å². The summed E-state index contributed by atoms with van der Waals surface area (Å²) in [7, 11) is 3.30. The summed E-state index contributed by atoms with van der Waals surface area (Å²) in [6.07, 6.45) is 3.27. The monoisotopic (exact) mass is 588 g/mol. The van der Waals surface area contributed by atoms with E-state index in [0.717, 1.165) is 5.39 Å². The highest BCUT2D eigenvalue weighted by molar-refractivity contribution is 6.07. The molecule has 0 aliphatic heterocycles. The molecule has 3 amide bonds. The molecule has 5 aromatic rings. The Balaban J connectivity index is 1.69. The number of pyridine rings is 2. The van der Waals surface area contributed by atoms with Gasteiger partial charge in [-0.3, -0.25) is 19.9 Å². The molecule has 44 heavy (non-hydrogen) atoms. The van der Waals surface area contributed by atoms with Crippen molar-refractivity contribution >= 4 is 34.3 Å². The first kappa shape index (κ1) is 29.9. The van der Waals surface area contributed by atoms with Crippen molar-refractivity contribution < 1.29 is 19.1 Å². The highest BCUT2D eigenvalue weighted by Gasteiger charge is 2.42. The first-order chi connectivity index (χ1) is 21.2. The van der Waals surface area contributed by atoms with Crippen LogP contribution in [0.1, 0.15) is 21.6 Å². The molecule has 0 saturated heterocycles. The number of para-hydroxylation sites is 1. The molecule has 0 fully saturated rings. The second kappa shape index (κ2) is 12.7. The minimum Gasteiger partial charge on any atom is -0.458 e. The molecule has 5 rings (SSSR count). The molecule has 0 aliphatic carbocycles. The molecule has 0 saturated carbocycles. The Labute approximate surface area is 254 Å². The van der Waals surface area contributed by atoms with Crippen LogP contribution in [0.15, 0.2) is 103 Å². The van der Waals surface area contributed by atoms with E-state index in [1.54, 1.807) is 81.9 Å². The minimum absolute atomic E-state index is 0.223. The molecular weight excluding hydrogens is 556 g/mol. The van der Waals surface area contributed by atoms with Crippen molar-refractivity contribution in [3.05, 3.63) is 120 Å². The normalized spacial score (nSPS) is 12.2. The molecular formula is C34H32N6O4. The largest absolute Gasteiger partial charge is 0.458 e. The lowest BCUT2D eigenvalue weighted by atomic mass is 9.95. The first-order valence-corrected chi connectivity index (χ1v) is 13.9. The van der Waals surface area contributed by atoms with E-state index >= 15 is 0 Å². The van der Waals surface area contributed by atoms with Crippen molar-refractivity contribution in [1.82, 2.24) is 20.6 Å². The van der Waals surface area contributed by atoms with Gasteiger partial charge in [-0.15, -0.1) is 0 Å². The van der Waals surface area contributed by atoms with Gasteiger partial charge in [0.05, 0.1) is 29.6 Å². The minimum atomic E-state index is -1.72. The number of fused-ring (bicyclic) bond motifs is 1. The fraction of sp³-hybridized carbons (Fsp3) is 0.147. The van der Waals surface area contributed by atoms with Gasteiger partial charge in [-0.25, -0.2) is 9.78 Å². The number of aryl methyl sites for hydroxylation is 1. The van der Waals surface area contributed by atoms with Gasteiger partial charge in [0.25, 0.3) is 5.91 Å². The summed E-state index contributed by atoms with van der Waals surface area (Å²) in [6, 6.07) is 26.5. The molecule has 1 unspecified atom stereocenters. The molecule has 10 heteroatoms.